The molecule has 1 aromatic carbocycles. The lowest BCUT2D eigenvalue weighted by molar-refractivity contribution is -0.384. The number of hydrogen-bond donors (Lipinski definition) is 1. The van der Waals surface area contributed by atoms with Gasteiger partial charge in [-0.05, 0) is 33.3 Å². The topological polar surface area (TPSA) is 102 Å². The number of nitro groups is 1. The number of nitrogens with one attached hydrogen (secondary N) is 1. The zero-order chi connectivity index (χ0) is 19.5. The smallest absolute Gasteiger partial charge is 0.269 e. The number of ether oxygens (including phenoxy) is 1. The van der Waals surface area contributed by atoms with Gasteiger partial charge in [0.15, 0.2) is 0 Å². The quantitative estimate of drug-likeness (QED) is 0.568. The van der Waals surface area contributed by atoms with Crippen LogP contribution in [0.3, 0.4) is 0 Å². The molecule has 1 aliphatic rings. The number of morpholine rings is 1. The van der Waals surface area contributed by atoms with Crippen molar-refractivity contribution in [2.45, 2.75) is 51.2 Å². The fraction of sp³-hybridized carbons (Fsp3) is 0.647. The van der Waals surface area contributed by atoms with E-state index in [1.807, 2.05) is 27.7 Å². The van der Waals surface area contributed by atoms with Gasteiger partial charge >= 0.3 is 0 Å². The highest BCUT2D eigenvalue weighted by atomic mass is 32.2. The minimum atomic E-state index is -3.54. The summed E-state index contributed by atoms with van der Waals surface area (Å²) in [5.74, 6) is -0.211. The number of sulfonamides is 1. The molecule has 0 radical (unpaired) electrons. The van der Waals surface area contributed by atoms with Crippen LogP contribution in [0.25, 0.3) is 0 Å². The van der Waals surface area contributed by atoms with Gasteiger partial charge in [-0.3, -0.25) is 15.0 Å². The molecule has 26 heavy (non-hydrogen) atoms. The largest absolute Gasteiger partial charge is 0.373 e. The van der Waals surface area contributed by atoms with Crippen LogP contribution in [-0.2, 0) is 20.5 Å². The Balaban J connectivity index is 1.96. The maximum atomic E-state index is 12.4. The third-order valence-corrected chi connectivity index (χ3v) is 5.80. The number of non-ortho nitro benzene ring substituents is 1. The third kappa shape index (κ3) is 5.73. The van der Waals surface area contributed by atoms with E-state index in [9.17, 15) is 18.5 Å². The van der Waals surface area contributed by atoms with Crippen molar-refractivity contribution < 1.29 is 18.1 Å². The molecule has 1 saturated heterocycles. The molecule has 0 spiro atoms. The Labute approximate surface area is 154 Å². The molecule has 0 bridgehead atoms. The second-order valence-corrected chi connectivity index (χ2v) is 9.29. The molecule has 1 aromatic rings. The monoisotopic (exact) mass is 385 g/mol. The Kier molecular flexibility index (Phi) is 6.38. The molecule has 2 rings (SSSR count). The minimum Gasteiger partial charge on any atom is -0.373 e. The van der Waals surface area contributed by atoms with Crippen molar-refractivity contribution >= 4 is 15.7 Å². The first-order valence-corrected chi connectivity index (χ1v) is 10.2. The van der Waals surface area contributed by atoms with E-state index in [1.165, 1.54) is 24.3 Å². The zero-order valence-corrected chi connectivity index (χ0v) is 16.5. The molecule has 9 heteroatoms. The van der Waals surface area contributed by atoms with Gasteiger partial charge in [0, 0.05) is 37.3 Å². The Hall–Kier alpha value is -1.55. The van der Waals surface area contributed by atoms with Crippen LogP contribution in [0.4, 0.5) is 5.69 Å². The zero-order valence-electron chi connectivity index (χ0n) is 15.6. The van der Waals surface area contributed by atoms with Gasteiger partial charge in [-0.1, -0.05) is 12.1 Å². The number of benzene rings is 1. The molecule has 1 heterocycles. The van der Waals surface area contributed by atoms with Crippen molar-refractivity contribution in [3.8, 4) is 0 Å². The molecule has 1 fully saturated rings. The SMILES string of the molecule is C[C@@H]1CN(C(C)(C)CNS(=O)(=O)Cc2ccc([N+](=O)[O-])cc2)C[C@H](C)O1. The third-order valence-electron chi connectivity index (χ3n) is 4.50. The van der Waals surface area contributed by atoms with Gasteiger partial charge in [0.25, 0.3) is 5.69 Å². The second-order valence-electron chi connectivity index (χ2n) is 7.48. The van der Waals surface area contributed by atoms with E-state index in [4.69, 9.17) is 4.74 Å². The maximum absolute atomic E-state index is 12.4. The first-order valence-electron chi connectivity index (χ1n) is 8.60. The van der Waals surface area contributed by atoms with Gasteiger partial charge in [-0.2, -0.15) is 0 Å². The van der Waals surface area contributed by atoms with Crippen molar-refractivity contribution in [2.24, 2.45) is 0 Å². The average Bonchev–Trinajstić information content (AvgIpc) is 2.52. The first kappa shape index (κ1) is 20.8. The molecular formula is C17H27N3O5S. The summed E-state index contributed by atoms with van der Waals surface area (Å²) >= 11 is 0. The van der Waals surface area contributed by atoms with Crippen LogP contribution in [0.15, 0.2) is 24.3 Å². The lowest BCUT2D eigenvalue weighted by Gasteiger charge is -2.45. The molecule has 0 saturated carbocycles. The average molecular weight is 385 g/mol. The fourth-order valence-corrected chi connectivity index (χ4v) is 4.36. The molecular weight excluding hydrogens is 358 g/mol. The van der Waals surface area contributed by atoms with E-state index >= 15 is 0 Å². The van der Waals surface area contributed by atoms with Gasteiger partial charge in [0.1, 0.15) is 0 Å². The van der Waals surface area contributed by atoms with E-state index in [1.54, 1.807) is 0 Å². The van der Waals surface area contributed by atoms with Gasteiger partial charge in [0.2, 0.25) is 10.0 Å². The molecule has 2 atom stereocenters. The van der Waals surface area contributed by atoms with Gasteiger partial charge in [-0.25, -0.2) is 13.1 Å². The number of rotatable bonds is 7. The highest BCUT2D eigenvalue weighted by Gasteiger charge is 2.34. The number of nitro benzene ring substituents is 1. The molecule has 0 aliphatic carbocycles. The summed E-state index contributed by atoms with van der Waals surface area (Å²) in [6, 6.07) is 5.55. The molecule has 8 nitrogen and oxygen atoms in total. The Morgan fingerprint density at radius 3 is 2.27 bits per heavy atom. The number of nitrogens with zero attached hydrogens (tertiary/aromatic N) is 2. The van der Waals surface area contributed by atoms with Crippen LogP contribution < -0.4 is 4.72 Å². The summed E-state index contributed by atoms with van der Waals surface area (Å²) < 4.78 is 33.2. The standard InChI is InChI=1S/C17H27N3O5S/c1-13-9-19(10-14(2)25-13)17(3,4)12-18-26(23,24)11-15-5-7-16(8-6-15)20(21)22/h5-8,13-14,18H,9-12H2,1-4H3/t13-,14+. The molecule has 0 unspecified atom stereocenters. The van der Waals surface area contributed by atoms with E-state index in [-0.39, 0.29) is 35.7 Å². The Bertz CT molecular complexity index is 723. The van der Waals surface area contributed by atoms with Gasteiger partial charge in [0.05, 0.1) is 22.9 Å². The van der Waals surface area contributed by atoms with Crippen LogP contribution in [0.2, 0.25) is 0 Å². The maximum Gasteiger partial charge on any atom is 0.269 e. The predicted octanol–water partition coefficient (Wildman–Crippen LogP) is 1.90. The molecule has 0 amide bonds. The Morgan fingerprint density at radius 1 is 1.23 bits per heavy atom. The van der Waals surface area contributed by atoms with Crippen molar-refractivity contribution in [1.82, 2.24) is 9.62 Å². The van der Waals surface area contributed by atoms with Crippen LogP contribution >= 0.6 is 0 Å². The predicted molar refractivity (Wildman–Crippen MR) is 99.4 cm³/mol. The number of hydrogen-bond acceptors (Lipinski definition) is 6. The van der Waals surface area contributed by atoms with Crippen LogP contribution in [-0.4, -0.2) is 55.6 Å². The lowest BCUT2D eigenvalue weighted by Crippen LogP contribution is -2.58. The van der Waals surface area contributed by atoms with Gasteiger partial charge in [-0.15, -0.1) is 0 Å². The highest BCUT2D eigenvalue weighted by molar-refractivity contribution is 7.88. The second kappa shape index (κ2) is 7.99. The molecule has 146 valence electrons. The highest BCUT2D eigenvalue weighted by Crippen LogP contribution is 2.21. The summed E-state index contributed by atoms with van der Waals surface area (Å²) in [5, 5.41) is 10.7. The normalized spacial score (nSPS) is 22.3. The molecule has 1 aliphatic heterocycles. The van der Waals surface area contributed by atoms with Crippen molar-refractivity contribution in [2.75, 3.05) is 19.6 Å². The summed E-state index contributed by atoms with van der Waals surface area (Å²) in [6.07, 6.45) is 0.212. The summed E-state index contributed by atoms with van der Waals surface area (Å²) in [7, 11) is -3.54. The summed E-state index contributed by atoms with van der Waals surface area (Å²) in [4.78, 5) is 12.4. The van der Waals surface area contributed by atoms with E-state index in [0.29, 0.717) is 5.56 Å². The van der Waals surface area contributed by atoms with Gasteiger partial charge < -0.3 is 4.74 Å². The van der Waals surface area contributed by atoms with Crippen molar-refractivity contribution in [3.05, 3.63) is 39.9 Å². The van der Waals surface area contributed by atoms with Crippen molar-refractivity contribution in [3.63, 3.8) is 0 Å². The molecule has 0 aromatic heterocycles. The fourth-order valence-electron chi connectivity index (χ4n) is 3.05. The summed E-state index contributed by atoms with van der Waals surface area (Å²) in [6.45, 7) is 9.82. The lowest BCUT2D eigenvalue weighted by atomic mass is 10.0. The van der Waals surface area contributed by atoms with Crippen molar-refractivity contribution in [1.29, 1.82) is 0 Å². The minimum absolute atomic E-state index is 0.0594. The Morgan fingerprint density at radius 2 is 1.77 bits per heavy atom. The summed E-state index contributed by atoms with van der Waals surface area (Å²) in [5.41, 5.74) is 0.0970. The molecule has 1 N–H and O–H groups in total. The van der Waals surface area contributed by atoms with E-state index in [2.05, 4.69) is 9.62 Å². The van der Waals surface area contributed by atoms with E-state index < -0.39 is 14.9 Å². The van der Waals surface area contributed by atoms with E-state index in [0.717, 1.165) is 13.1 Å². The van der Waals surface area contributed by atoms with Crippen LogP contribution in [0.5, 0.6) is 0 Å². The first-order chi connectivity index (χ1) is 12.0. The van der Waals surface area contributed by atoms with Crippen LogP contribution in [0.1, 0.15) is 33.3 Å². The van der Waals surface area contributed by atoms with Crippen LogP contribution in [0, 0.1) is 10.1 Å².